The quantitative estimate of drug-likeness (QED) is 0.810. The maximum absolute atomic E-state index is 12.1. The minimum absolute atomic E-state index is 0.210. The molecule has 1 amide bonds. The Morgan fingerprint density at radius 1 is 1.40 bits per heavy atom. The molecule has 1 aromatic heterocycles. The van der Waals surface area contributed by atoms with Crippen LogP contribution in [0.25, 0.3) is 0 Å². The van der Waals surface area contributed by atoms with Gasteiger partial charge >= 0.3 is 0 Å². The van der Waals surface area contributed by atoms with Crippen molar-refractivity contribution in [3.05, 3.63) is 17.0 Å². The van der Waals surface area contributed by atoms with Crippen LogP contribution in [0.5, 0.6) is 0 Å². The van der Waals surface area contributed by atoms with Crippen molar-refractivity contribution in [2.24, 2.45) is 0 Å². The summed E-state index contributed by atoms with van der Waals surface area (Å²) in [5, 5.41) is 13.8. The molecule has 0 fully saturated rings. The molecule has 0 radical (unpaired) electrons. The second kappa shape index (κ2) is 5.63. The summed E-state index contributed by atoms with van der Waals surface area (Å²) < 4.78 is 1.83. The Bertz CT molecular complexity index is 553. The lowest BCUT2D eigenvalue weighted by Crippen LogP contribution is -2.30. The first kappa shape index (κ1) is 14.5. The molecule has 0 aromatic carbocycles. The fourth-order valence-electron chi connectivity index (χ4n) is 2.46. The lowest BCUT2D eigenvalue weighted by molar-refractivity contribution is 0.0820. The number of hydrogen-bond acceptors (Lipinski definition) is 4. The molecule has 0 N–H and O–H groups in total. The van der Waals surface area contributed by atoms with E-state index in [9.17, 15) is 10.1 Å². The van der Waals surface area contributed by atoms with Crippen LogP contribution in [0.1, 0.15) is 42.0 Å². The molecule has 0 saturated heterocycles. The number of rotatable bonds is 2. The third kappa shape index (κ3) is 2.54. The largest absolute Gasteiger partial charge is 0.343 e. The molecule has 1 aromatic rings. The van der Waals surface area contributed by atoms with Gasteiger partial charge in [0.25, 0.3) is 5.91 Å². The molecule has 6 heteroatoms. The molecule has 2 rings (SSSR count). The first-order chi connectivity index (χ1) is 9.45. The molecular weight excluding hydrogens is 254 g/mol. The first-order valence-corrected chi connectivity index (χ1v) is 6.91. The zero-order valence-corrected chi connectivity index (χ0v) is 12.6. The van der Waals surface area contributed by atoms with Crippen molar-refractivity contribution in [3.63, 3.8) is 0 Å². The van der Waals surface area contributed by atoms with E-state index >= 15 is 0 Å². The van der Waals surface area contributed by atoms with E-state index in [0.29, 0.717) is 18.2 Å². The highest BCUT2D eigenvalue weighted by Gasteiger charge is 2.27. The van der Waals surface area contributed by atoms with E-state index in [0.717, 1.165) is 25.2 Å². The summed E-state index contributed by atoms with van der Waals surface area (Å²) in [6.45, 7) is 6.71. The van der Waals surface area contributed by atoms with Crippen molar-refractivity contribution in [1.82, 2.24) is 19.6 Å². The molecule has 108 valence electrons. The lowest BCUT2D eigenvalue weighted by Gasteiger charge is -2.23. The van der Waals surface area contributed by atoms with Crippen molar-refractivity contribution >= 4 is 5.91 Å². The van der Waals surface area contributed by atoms with E-state index in [4.69, 9.17) is 0 Å². The monoisotopic (exact) mass is 275 g/mol. The Morgan fingerprint density at radius 2 is 2.10 bits per heavy atom. The summed E-state index contributed by atoms with van der Waals surface area (Å²) in [6.07, 6.45) is 0.979. The topological polar surface area (TPSA) is 65.2 Å². The van der Waals surface area contributed by atoms with E-state index in [1.165, 1.54) is 4.90 Å². The van der Waals surface area contributed by atoms with Gasteiger partial charge < -0.3 is 4.90 Å². The van der Waals surface area contributed by atoms with Crippen LogP contribution in [-0.4, -0.2) is 52.2 Å². The molecular formula is C14H21N5O. The lowest BCUT2D eigenvalue weighted by atomic mass is 10.1. The van der Waals surface area contributed by atoms with Crippen LogP contribution in [0.3, 0.4) is 0 Å². The molecule has 6 nitrogen and oxygen atoms in total. The fourth-order valence-corrected chi connectivity index (χ4v) is 2.46. The van der Waals surface area contributed by atoms with Crippen LogP contribution in [0.15, 0.2) is 0 Å². The fraction of sp³-hybridized carbons (Fsp3) is 0.643. The van der Waals surface area contributed by atoms with Crippen molar-refractivity contribution in [2.75, 3.05) is 20.6 Å². The highest BCUT2D eigenvalue weighted by atomic mass is 16.2. The van der Waals surface area contributed by atoms with Crippen molar-refractivity contribution in [1.29, 1.82) is 5.26 Å². The Labute approximate surface area is 119 Å². The Balaban J connectivity index is 2.45. The zero-order chi connectivity index (χ0) is 14.9. The average Bonchev–Trinajstić information content (AvgIpc) is 2.60. The second-order valence-electron chi connectivity index (χ2n) is 5.62. The number of aryl methyl sites for hydroxylation is 1. The van der Waals surface area contributed by atoms with Gasteiger partial charge in [0.2, 0.25) is 0 Å². The van der Waals surface area contributed by atoms with Crippen molar-refractivity contribution in [3.8, 4) is 6.07 Å². The summed E-state index contributed by atoms with van der Waals surface area (Å²) >= 11 is 0. The third-order valence-corrected chi connectivity index (χ3v) is 3.68. The first-order valence-electron chi connectivity index (χ1n) is 6.91. The Hall–Kier alpha value is -1.87. The second-order valence-corrected chi connectivity index (χ2v) is 5.62. The normalized spacial score (nSPS) is 15.6. The number of aromatic nitrogens is 2. The van der Waals surface area contributed by atoms with Gasteiger partial charge in [-0.2, -0.15) is 10.4 Å². The number of amides is 1. The van der Waals surface area contributed by atoms with E-state index in [-0.39, 0.29) is 11.6 Å². The van der Waals surface area contributed by atoms with E-state index in [2.05, 4.69) is 29.9 Å². The number of nitriles is 1. The zero-order valence-electron chi connectivity index (χ0n) is 12.6. The van der Waals surface area contributed by atoms with Gasteiger partial charge in [0.1, 0.15) is 11.6 Å². The van der Waals surface area contributed by atoms with Gasteiger partial charge in [0, 0.05) is 39.8 Å². The maximum Gasteiger partial charge on any atom is 0.275 e. The van der Waals surface area contributed by atoms with Gasteiger partial charge in [-0.05, 0) is 20.3 Å². The Kier molecular flexibility index (Phi) is 4.09. The van der Waals surface area contributed by atoms with E-state index in [1.807, 2.05) is 4.68 Å². The molecule has 0 spiro atoms. The number of carbonyl (C=O) groups is 1. The predicted molar refractivity (Wildman–Crippen MR) is 75.1 cm³/mol. The van der Waals surface area contributed by atoms with Crippen molar-refractivity contribution in [2.45, 2.75) is 39.4 Å². The van der Waals surface area contributed by atoms with Gasteiger partial charge in [-0.3, -0.25) is 14.4 Å². The van der Waals surface area contributed by atoms with Gasteiger partial charge in [-0.1, -0.05) is 0 Å². The number of fused-ring (bicyclic) bond motifs is 1. The Morgan fingerprint density at radius 3 is 2.65 bits per heavy atom. The molecule has 0 atom stereocenters. The van der Waals surface area contributed by atoms with Gasteiger partial charge in [0.15, 0.2) is 5.69 Å². The third-order valence-electron chi connectivity index (χ3n) is 3.68. The van der Waals surface area contributed by atoms with Crippen LogP contribution >= 0.6 is 0 Å². The van der Waals surface area contributed by atoms with Crippen LogP contribution in [0, 0.1) is 11.3 Å². The van der Waals surface area contributed by atoms with E-state index < -0.39 is 0 Å². The highest BCUT2D eigenvalue weighted by molar-refractivity contribution is 5.94. The summed E-state index contributed by atoms with van der Waals surface area (Å²) in [7, 11) is 3.35. The molecule has 1 aliphatic heterocycles. The number of nitrogens with zero attached hydrogens (tertiary/aromatic N) is 5. The van der Waals surface area contributed by atoms with Gasteiger partial charge in [-0.15, -0.1) is 0 Å². The maximum atomic E-state index is 12.1. The molecule has 2 heterocycles. The SMILES string of the molecule is CC(C)N1CCCn2nc(C(=O)N(C)C)c(C#N)c2C1. The van der Waals surface area contributed by atoms with E-state index in [1.54, 1.807) is 14.1 Å². The van der Waals surface area contributed by atoms with Crippen LogP contribution in [-0.2, 0) is 13.1 Å². The molecule has 20 heavy (non-hydrogen) atoms. The smallest absolute Gasteiger partial charge is 0.275 e. The molecule has 0 aliphatic carbocycles. The van der Waals surface area contributed by atoms with Crippen LogP contribution in [0.4, 0.5) is 0 Å². The highest BCUT2D eigenvalue weighted by Crippen LogP contribution is 2.21. The van der Waals surface area contributed by atoms with Gasteiger partial charge in [0.05, 0.1) is 5.69 Å². The average molecular weight is 275 g/mol. The molecule has 0 bridgehead atoms. The van der Waals surface area contributed by atoms with Gasteiger partial charge in [-0.25, -0.2) is 0 Å². The number of carbonyl (C=O) groups excluding carboxylic acids is 1. The predicted octanol–water partition coefficient (Wildman–Crippen LogP) is 1.07. The standard InChI is InChI=1S/C14H21N5O/c1-10(2)18-6-5-7-19-12(9-18)11(8-15)13(16-19)14(20)17(3)4/h10H,5-7,9H2,1-4H3. The molecule has 0 unspecified atom stereocenters. The van der Waals surface area contributed by atoms with Crippen molar-refractivity contribution < 1.29 is 4.79 Å². The molecule has 0 saturated carbocycles. The summed E-state index contributed by atoms with van der Waals surface area (Å²) in [4.78, 5) is 15.9. The van der Waals surface area contributed by atoms with Crippen LogP contribution < -0.4 is 0 Å². The molecule has 1 aliphatic rings. The summed E-state index contributed by atoms with van der Waals surface area (Å²) in [6, 6.07) is 2.58. The summed E-state index contributed by atoms with van der Waals surface area (Å²) in [5.74, 6) is -0.210. The number of hydrogen-bond donors (Lipinski definition) is 0. The minimum Gasteiger partial charge on any atom is -0.343 e. The summed E-state index contributed by atoms with van der Waals surface area (Å²) in [5.41, 5.74) is 1.57. The minimum atomic E-state index is -0.210. The van der Waals surface area contributed by atoms with Crippen LogP contribution in [0.2, 0.25) is 0 Å².